The Hall–Kier alpha value is -3.78. The van der Waals surface area contributed by atoms with Crippen molar-refractivity contribution in [3.63, 3.8) is 0 Å². The molecule has 0 amide bonds. The lowest BCUT2D eigenvalue weighted by Crippen LogP contribution is -2.21. The summed E-state index contributed by atoms with van der Waals surface area (Å²) < 4.78 is 27.6. The molecule has 2 atom stereocenters. The Balaban J connectivity index is 1.33. The summed E-state index contributed by atoms with van der Waals surface area (Å²) in [5.74, 6) is 0.784. The van der Waals surface area contributed by atoms with Gasteiger partial charge in [-0.05, 0) is 37.3 Å². The molecule has 3 aromatic heterocycles. The smallest absolute Gasteiger partial charge is 0.219 e. The molecule has 0 aliphatic carbocycles. The molecule has 2 aliphatic rings. The molecule has 0 N–H and O–H groups in total. The van der Waals surface area contributed by atoms with Gasteiger partial charge < -0.3 is 14.0 Å². The molecule has 1 saturated heterocycles. The van der Waals surface area contributed by atoms with Crippen LogP contribution < -0.4 is 4.74 Å². The molecule has 0 radical (unpaired) electrons. The molecule has 0 saturated carbocycles. The van der Waals surface area contributed by atoms with E-state index >= 15 is 0 Å². The highest BCUT2D eigenvalue weighted by atomic mass is 19.1. The Kier molecular flexibility index (Phi) is 4.22. The fraction of sp³-hybridized carbons (Fsp3) is 0.208. The first kappa shape index (κ1) is 18.9. The van der Waals surface area contributed by atoms with Gasteiger partial charge in [0.05, 0.1) is 29.7 Å². The van der Waals surface area contributed by atoms with Gasteiger partial charge >= 0.3 is 0 Å². The second kappa shape index (κ2) is 7.13. The number of hydrazone groups is 1. The van der Waals surface area contributed by atoms with Gasteiger partial charge in [-0.1, -0.05) is 12.1 Å². The van der Waals surface area contributed by atoms with Crippen LogP contribution >= 0.6 is 0 Å². The van der Waals surface area contributed by atoms with E-state index in [-0.39, 0.29) is 12.3 Å². The van der Waals surface area contributed by atoms with Gasteiger partial charge in [-0.25, -0.2) is 9.97 Å². The Bertz CT molecular complexity index is 1380. The van der Waals surface area contributed by atoms with Crippen LogP contribution in [-0.2, 0) is 18.3 Å². The number of hydrogen-bond donors (Lipinski definition) is 0. The lowest BCUT2D eigenvalue weighted by atomic mass is 10.1. The number of rotatable bonds is 4. The predicted molar refractivity (Wildman–Crippen MR) is 117 cm³/mol. The number of fused-ring (bicyclic) bond motifs is 5. The van der Waals surface area contributed by atoms with E-state index in [1.807, 2.05) is 61.6 Å². The summed E-state index contributed by atoms with van der Waals surface area (Å²) in [6, 6.07) is 16.4. The summed E-state index contributed by atoms with van der Waals surface area (Å²) in [6.45, 7) is 2.31. The van der Waals surface area contributed by atoms with E-state index in [0.717, 1.165) is 33.6 Å². The molecule has 1 fully saturated rings. The molecule has 8 heteroatoms. The minimum atomic E-state index is -0.497. The number of nitrogens with zero attached hydrogens (tertiary/aromatic N) is 5. The van der Waals surface area contributed by atoms with Crippen molar-refractivity contribution in [2.45, 2.75) is 25.8 Å². The molecule has 32 heavy (non-hydrogen) atoms. The highest BCUT2D eigenvalue weighted by molar-refractivity contribution is 6.02. The van der Waals surface area contributed by atoms with Gasteiger partial charge in [-0.15, -0.1) is 0 Å². The van der Waals surface area contributed by atoms with Gasteiger partial charge in [0.15, 0.2) is 6.23 Å². The Morgan fingerprint density at radius 2 is 1.97 bits per heavy atom. The maximum absolute atomic E-state index is 13.5. The molecule has 7 nitrogen and oxygen atoms in total. The SMILES string of the molecule is Cc1cccc(Oc2ccc3c4c(n(C)c3c2)C2OC2N(Cc2cccc(F)n2)N=C4)n1. The molecule has 0 spiro atoms. The zero-order valence-corrected chi connectivity index (χ0v) is 17.6. The highest BCUT2D eigenvalue weighted by Crippen LogP contribution is 2.47. The van der Waals surface area contributed by atoms with Crippen molar-refractivity contribution >= 4 is 17.1 Å². The predicted octanol–water partition coefficient (Wildman–Crippen LogP) is 4.46. The molecular weight excluding hydrogens is 409 g/mol. The van der Waals surface area contributed by atoms with Gasteiger partial charge in [0.2, 0.25) is 11.8 Å². The summed E-state index contributed by atoms with van der Waals surface area (Å²) >= 11 is 0. The van der Waals surface area contributed by atoms with Gasteiger partial charge in [0.25, 0.3) is 0 Å². The van der Waals surface area contributed by atoms with Gasteiger partial charge in [0.1, 0.15) is 11.9 Å². The fourth-order valence-corrected chi connectivity index (χ4v) is 4.27. The maximum Gasteiger partial charge on any atom is 0.219 e. The third-order valence-electron chi connectivity index (χ3n) is 5.81. The van der Waals surface area contributed by atoms with Crippen LogP contribution in [-0.4, -0.2) is 32.0 Å². The first-order valence-corrected chi connectivity index (χ1v) is 10.4. The molecule has 6 rings (SSSR count). The third-order valence-corrected chi connectivity index (χ3v) is 5.81. The van der Waals surface area contributed by atoms with E-state index < -0.39 is 5.95 Å². The Morgan fingerprint density at radius 3 is 2.81 bits per heavy atom. The molecule has 5 heterocycles. The number of hydrogen-bond acceptors (Lipinski definition) is 6. The number of ether oxygens (including phenoxy) is 2. The number of benzene rings is 1. The largest absolute Gasteiger partial charge is 0.439 e. The highest BCUT2D eigenvalue weighted by Gasteiger charge is 2.49. The van der Waals surface area contributed by atoms with E-state index in [1.165, 1.54) is 6.07 Å². The second-order valence-corrected chi connectivity index (χ2v) is 8.00. The molecule has 4 aromatic rings. The van der Waals surface area contributed by atoms with E-state index in [9.17, 15) is 4.39 Å². The summed E-state index contributed by atoms with van der Waals surface area (Å²) in [5, 5.41) is 7.53. The van der Waals surface area contributed by atoms with E-state index in [1.54, 1.807) is 12.1 Å². The van der Waals surface area contributed by atoms with Crippen molar-refractivity contribution < 1.29 is 13.9 Å². The number of pyridine rings is 2. The number of aryl methyl sites for hydroxylation is 2. The molecule has 2 aliphatic heterocycles. The van der Waals surface area contributed by atoms with Gasteiger partial charge in [-0.2, -0.15) is 9.49 Å². The van der Waals surface area contributed by atoms with Crippen LogP contribution in [0.15, 0.2) is 59.7 Å². The van der Waals surface area contributed by atoms with Crippen molar-refractivity contribution in [1.82, 2.24) is 19.5 Å². The monoisotopic (exact) mass is 429 g/mol. The van der Waals surface area contributed by atoms with Crippen molar-refractivity contribution in [3.8, 4) is 11.6 Å². The van der Waals surface area contributed by atoms with Crippen LogP contribution in [0.1, 0.15) is 28.7 Å². The van der Waals surface area contributed by atoms with Crippen molar-refractivity contribution in [1.29, 1.82) is 0 Å². The maximum atomic E-state index is 13.5. The Labute approximate surface area is 183 Å². The quantitative estimate of drug-likeness (QED) is 0.354. The fourth-order valence-electron chi connectivity index (χ4n) is 4.27. The van der Waals surface area contributed by atoms with Crippen molar-refractivity contribution in [2.24, 2.45) is 12.1 Å². The molecular formula is C24H20FN5O2. The number of aromatic nitrogens is 3. The van der Waals surface area contributed by atoms with Crippen LogP contribution in [0.5, 0.6) is 11.6 Å². The van der Waals surface area contributed by atoms with Crippen molar-refractivity contribution in [3.05, 3.63) is 83.2 Å². The first-order chi connectivity index (χ1) is 15.6. The minimum Gasteiger partial charge on any atom is -0.439 e. The average molecular weight is 429 g/mol. The second-order valence-electron chi connectivity index (χ2n) is 8.00. The van der Waals surface area contributed by atoms with Crippen LogP contribution in [0.3, 0.4) is 0 Å². The van der Waals surface area contributed by atoms with Crippen LogP contribution in [0.2, 0.25) is 0 Å². The van der Waals surface area contributed by atoms with Crippen LogP contribution in [0.4, 0.5) is 4.39 Å². The molecule has 1 aromatic carbocycles. The van der Waals surface area contributed by atoms with Crippen LogP contribution in [0, 0.1) is 12.9 Å². The molecule has 160 valence electrons. The van der Waals surface area contributed by atoms with E-state index in [2.05, 4.69) is 19.6 Å². The van der Waals surface area contributed by atoms with E-state index in [0.29, 0.717) is 18.1 Å². The zero-order valence-electron chi connectivity index (χ0n) is 17.6. The summed E-state index contributed by atoms with van der Waals surface area (Å²) in [6.07, 6.45) is 1.55. The van der Waals surface area contributed by atoms with Gasteiger partial charge in [0, 0.05) is 35.8 Å². The normalized spacial score (nSPS) is 18.9. The first-order valence-electron chi connectivity index (χ1n) is 10.4. The lowest BCUT2D eigenvalue weighted by Gasteiger charge is -2.15. The number of halogens is 1. The third kappa shape index (κ3) is 3.20. The Morgan fingerprint density at radius 1 is 1.09 bits per heavy atom. The summed E-state index contributed by atoms with van der Waals surface area (Å²) in [7, 11) is 2.02. The van der Waals surface area contributed by atoms with Crippen molar-refractivity contribution in [2.75, 3.05) is 0 Å². The lowest BCUT2D eigenvalue weighted by molar-refractivity contribution is 0.172. The summed E-state index contributed by atoms with van der Waals surface area (Å²) in [5.41, 5.74) is 4.62. The zero-order chi connectivity index (χ0) is 21.8. The van der Waals surface area contributed by atoms with Crippen LogP contribution in [0.25, 0.3) is 10.9 Å². The molecule has 2 unspecified atom stereocenters. The standard InChI is InChI=1S/C24H20FN5O2/c1-14-5-3-8-21(27-14)31-16-9-10-17-18-12-26-30(13-15-6-4-7-20(25)28-15)24-23(32-24)22(18)29(2)19(17)11-16/h3-12,23-24H,13H2,1-2H3. The van der Waals surface area contributed by atoms with Gasteiger partial charge in [-0.3, -0.25) is 5.01 Å². The average Bonchev–Trinajstić information content (AvgIpc) is 3.52. The number of epoxide rings is 1. The molecule has 0 bridgehead atoms. The minimum absolute atomic E-state index is 0.110. The van der Waals surface area contributed by atoms with E-state index in [4.69, 9.17) is 9.47 Å². The topological polar surface area (TPSA) is 68.1 Å². The summed E-state index contributed by atoms with van der Waals surface area (Å²) in [4.78, 5) is 8.35.